The molecule has 0 spiro atoms. The van der Waals surface area contributed by atoms with E-state index in [2.05, 4.69) is 10.6 Å². The van der Waals surface area contributed by atoms with Gasteiger partial charge in [0.2, 0.25) is 0 Å². The summed E-state index contributed by atoms with van der Waals surface area (Å²) in [6, 6.07) is 5.23. The zero-order chi connectivity index (χ0) is 16.3. The second-order valence-corrected chi connectivity index (χ2v) is 8.57. The van der Waals surface area contributed by atoms with Crippen LogP contribution in [0.25, 0.3) is 0 Å². The van der Waals surface area contributed by atoms with Crippen LogP contribution in [0.2, 0.25) is 5.02 Å². The normalized spacial score (nSPS) is 18.6. The van der Waals surface area contributed by atoms with E-state index in [-0.39, 0.29) is 23.9 Å². The highest BCUT2D eigenvalue weighted by Crippen LogP contribution is 2.32. The quantitative estimate of drug-likeness (QED) is 0.861. The molecule has 1 aliphatic carbocycles. The third kappa shape index (κ3) is 4.88. The minimum absolute atomic E-state index is 0.0191. The highest BCUT2D eigenvalue weighted by Gasteiger charge is 2.24. The summed E-state index contributed by atoms with van der Waals surface area (Å²) in [7, 11) is -3.01. The van der Waals surface area contributed by atoms with Crippen LogP contribution in [-0.4, -0.2) is 32.5 Å². The Hall–Kier alpha value is -1.27. The van der Waals surface area contributed by atoms with Gasteiger partial charge in [-0.3, -0.25) is 0 Å². The summed E-state index contributed by atoms with van der Waals surface area (Å²) in [5, 5.41) is 6.43. The van der Waals surface area contributed by atoms with Crippen molar-refractivity contribution in [2.75, 3.05) is 12.0 Å². The number of amides is 2. The Morgan fingerprint density at radius 2 is 2.18 bits per heavy atom. The van der Waals surface area contributed by atoms with Crippen molar-refractivity contribution in [2.45, 2.75) is 38.3 Å². The van der Waals surface area contributed by atoms with Gasteiger partial charge in [0.25, 0.3) is 0 Å². The standard InChI is InChI=1S/C15H21ClN2O3S/c1-10(7-8-22(2,20)21)17-15(19)18-14-6-3-11-9-12(16)4-5-13(11)14/h4-5,9-10,14H,3,6-8H2,1-2H3,(H2,17,18,19)/t10-,14+/m0/s1. The average molecular weight is 345 g/mol. The summed E-state index contributed by atoms with van der Waals surface area (Å²) >= 11 is 5.97. The molecular formula is C15H21ClN2O3S. The number of carbonyl (C=O) groups is 1. The number of urea groups is 1. The summed E-state index contributed by atoms with van der Waals surface area (Å²) < 4.78 is 22.3. The van der Waals surface area contributed by atoms with Crippen LogP contribution >= 0.6 is 11.6 Å². The maximum absolute atomic E-state index is 12.0. The topological polar surface area (TPSA) is 75.3 Å². The Kier molecular flexibility index (Phi) is 5.34. The van der Waals surface area contributed by atoms with Crippen molar-refractivity contribution in [1.29, 1.82) is 0 Å². The first kappa shape index (κ1) is 17.1. The van der Waals surface area contributed by atoms with E-state index in [1.165, 1.54) is 11.8 Å². The zero-order valence-corrected chi connectivity index (χ0v) is 14.3. The Labute approximate surface area is 136 Å². The van der Waals surface area contributed by atoms with Crippen molar-refractivity contribution < 1.29 is 13.2 Å². The van der Waals surface area contributed by atoms with Gasteiger partial charge >= 0.3 is 6.03 Å². The van der Waals surface area contributed by atoms with Crippen molar-refractivity contribution in [1.82, 2.24) is 10.6 Å². The molecule has 0 aromatic heterocycles. The number of fused-ring (bicyclic) bond motifs is 1. The fourth-order valence-corrected chi connectivity index (χ4v) is 3.60. The van der Waals surface area contributed by atoms with Gasteiger partial charge in [-0.2, -0.15) is 0 Å². The largest absolute Gasteiger partial charge is 0.336 e. The number of halogens is 1. The molecule has 5 nitrogen and oxygen atoms in total. The third-order valence-electron chi connectivity index (χ3n) is 3.79. The van der Waals surface area contributed by atoms with Crippen molar-refractivity contribution in [3.63, 3.8) is 0 Å². The molecule has 0 unspecified atom stereocenters. The minimum Gasteiger partial charge on any atom is -0.336 e. The zero-order valence-electron chi connectivity index (χ0n) is 12.7. The monoisotopic (exact) mass is 344 g/mol. The Morgan fingerprint density at radius 1 is 1.45 bits per heavy atom. The van der Waals surface area contributed by atoms with E-state index < -0.39 is 9.84 Å². The molecular weight excluding hydrogens is 324 g/mol. The molecule has 1 aromatic rings. The number of nitrogens with one attached hydrogen (secondary N) is 2. The van der Waals surface area contributed by atoms with Gasteiger partial charge in [0.15, 0.2) is 0 Å². The predicted molar refractivity (Wildman–Crippen MR) is 88.0 cm³/mol. The summed E-state index contributed by atoms with van der Waals surface area (Å²) in [5.41, 5.74) is 2.27. The van der Waals surface area contributed by atoms with Gasteiger partial charge in [0.05, 0.1) is 11.8 Å². The van der Waals surface area contributed by atoms with Crippen LogP contribution in [0.15, 0.2) is 18.2 Å². The maximum Gasteiger partial charge on any atom is 0.315 e. The lowest BCUT2D eigenvalue weighted by Gasteiger charge is -2.18. The summed E-state index contributed by atoms with van der Waals surface area (Å²) in [6.07, 6.45) is 3.34. The predicted octanol–water partition coefficient (Wildman–Crippen LogP) is 2.45. The molecule has 0 saturated carbocycles. The van der Waals surface area contributed by atoms with Gasteiger partial charge in [-0.15, -0.1) is 0 Å². The van der Waals surface area contributed by atoms with Gasteiger partial charge in [0.1, 0.15) is 9.84 Å². The molecule has 0 aliphatic heterocycles. The van der Waals surface area contributed by atoms with E-state index in [9.17, 15) is 13.2 Å². The van der Waals surface area contributed by atoms with Gasteiger partial charge < -0.3 is 10.6 Å². The Morgan fingerprint density at radius 3 is 2.86 bits per heavy atom. The number of hydrogen-bond donors (Lipinski definition) is 2. The van der Waals surface area contributed by atoms with Crippen molar-refractivity contribution in [2.24, 2.45) is 0 Å². The van der Waals surface area contributed by atoms with Crippen LogP contribution < -0.4 is 10.6 Å². The number of benzene rings is 1. The molecule has 122 valence electrons. The number of aryl methyl sites for hydroxylation is 1. The van der Waals surface area contributed by atoms with Crippen LogP contribution in [0.4, 0.5) is 4.79 Å². The average Bonchev–Trinajstić information content (AvgIpc) is 2.78. The number of sulfone groups is 1. The lowest BCUT2D eigenvalue weighted by atomic mass is 10.1. The lowest BCUT2D eigenvalue weighted by Crippen LogP contribution is -2.42. The van der Waals surface area contributed by atoms with Crippen molar-refractivity contribution >= 4 is 27.5 Å². The summed E-state index contributed by atoms with van der Waals surface area (Å²) in [5.74, 6) is 0.0687. The molecule has 1 aromatic carbocycles. The van der Waals surface area contributed by atoms with Crippen LogP contribution in [0, 0.1) is 0 Å². The number of hydrogen-bond acceptors (Lipinski definition) is 3. The molecule has 2 atom stereocenters. The highest BCUT2D eigenvalue weighted by atomic mass is 35.5. The van der Waals surface area contributed by atoms with E-state index in [1.54, 1.807) is 6.92 Å². The molecule has 0 radical (unpaired) electrons. The summed E-state index contributed by atoms with van der Waals surface area (Å²) in [6.45, 7) is 1.80. The van der Waals surface area contributed by atoms with Gasteiger partial charge in [-0.1, -0.05) is 17.7 Å². The number of rotatable bonds is 5. The molecule has 22 heavy (non-hydrogen) atoms. The van der Waals surface area contributed by atoms with Crippen LogP contribution in [-0.2, 0) is 16.3 Å². The van der Waals surface area contributed by atoms with Gasteiger partial charge in [-0.05, 0) is 49.4 Å². The Balaban J connectivity index is 1.86. The number of carbonyl (C=O) groups excluding carboxylic acids is 1. The first-order valence-corrected chi connectivity index (χ1v) is 9.71. The second kappa shape index (κ2) is 6.87. The molecule has 1 aliphatic rings. The third-order valence-corrected chi connectivity index (χ3v) is 5.00. The van der Waals surface area contributed by atoms with E-state index in [1.807, 2.05) is 18.2 Å². The van der Waals surface area contributed by atoms with Crippen molar-refractivity contribution in [3.8, 4) is 0 Å². The molecule has 2 amide bonds. The summed E-state index contributed by atoms with van der Waals surface area (Å²) in [4.78, 5) is 12.0. The molecule has 2 N–H and O–H groups in total. The highest BCUT2D eigenvalue weighted by molar-refractivity contribution is 7.90. The molecule has 0 fully saturated rings. The van der Waals surface area contributed by atoms with Crippen LogP contribution in [0.1, 0.15) is 36.9 Å². The maximum atomic E-state index is 12.0. The van der Waals surface area contributed by atoms with E-state index in [0.29, 0.717) is 11.4 Å². The van der Waals surface area contributed by atoms with Crippen LogP contribution in [0.3, 0.4) is 0 Å². The molecule has 2 rings (SSSR count). The van der Waals surface area contributed by atoms with E-state index in [0.717, 1.165) is 18.4 Å². The molecule has 0 heterocycles. The first-order chi connectivity index (χ1) is 10.2. The van der Waals surface area contributed by atoms with Gasteiger partial charge in [0, 0.05) is 17.3 Å². The fraction of sp³-hybridized carbons (Fsp3) is 0.533. The smallest absolute Gasteiger partial charge is 0.315 e. The van der Waals surface area contributed by atoms with Gasteiger partial charge in [-0.25, -0.2) is 13.2 Å². The molecule has 7 heteroatoms. The minimum atomic E-state index is -3.01. The van der Waals surface area contributed by atoms with Crippen molar-refractivity contribution in [3.05, 3.63) is 34.3 Å². The SMILES string of the molecule is C[C@@H](CCS(C)(=O)=O)NC(=O)N[C@@H]1CCc2cc(Cl)ccc21. The second-order valence-electron chi connectivity index (χ2n) is 5.87. The fourth-order valence-electron chi connectivity index (χ4n) is 2.62. The van der Waals surface area contributed by atoms with Crippen LogP contribution in [0.5, 0.6) is 0 Å². The molecule has 0 saturated heterocycles. The first-order valence-electron chi connectivity index (χ1n) is 7.27. The van der Waals surface area contributed by atoms with E-state index in [4.69, 9.17) is 11.6 Å². The molecule has 0 bridgehead atoms. The Bertz CT molecular complexity index is 661. The lowest BCUT2D eigenvalue weighted by molar-refractivity contribution is 0.233. The van der Waals surface area contributed by atoms with E-state index >= 15 is 0 Å².